The van der Waals surface area contributed by atoms with Crippen LogP contribution < -0.4 is 10.1 Å². The molecule has 0 aromatic heterocycles. The van der Waals surface area contributed by atoms with Crippen molar-refractivity contribution in [2.45, 2.75) is 6.10 Å². The molecule has 0 bridgehead atoms. The molecule has 1 unspecified atom stereocenters. The number of rotatable bonds is 8. The van der Waals surface area contributed by atoms with E-state index in [1.165, 1.54) is 12.1 Å². The highest BCUT2D eigenvalue weighted by Gasteiger charge is 2.21. The summed E-state index contributed by atoms with van der Waals surface area (Å²) in [5.74, 6) is -0.0135. The first-order valence-electron chi connectivity index (χ1n) is 5.64. The van der Waals surface area contributed by atoms with Crippen LogP contribution in [0.1, 0.15) is 0 Å². The molecule has 0 radical (unpaired) electrons. The fraction of sp³-hybridized carbons (Fsp3) is 0.455. The van der Waals surface area contributed by atoms with Gasteiger partial charge >= 0.3 is 5.69 Å². The predicted molar refractivity (Wildman–Crippen MR) is 67.3 cm³/mol. The number of hydrogen-bond acceptors (Lipinski definition) is 7. The standard InChI is InChI=1S/C11H16N2O6/c14-5-4-12-9-2-1-3-10(11(9)13(17)18)19-7-8(16)6-15/h1-3,8,12,14-16H,4-7H2. The molecule has 0 saturated carbocycles. The molecule has 0 spiro atoms. The number of anilines is 1. The molecule has 0 saturated heterocycles. The van der Waals surface area contributed by atoms with Crippen LogP contribution in [0.3, 0.4) is 0 Å². The summed E-state index contributed by atoms with van der Waals surface area (Å²) in [6.07, 6.45) is -1.10. The molecule has 0 heterocycles. The second-order valence-corrected chi connectivity index (χ2v) is 3.71. The van der Waals surface area contributed by atoms with Crippen LogP contribution in [0.15, 0.2) is 18.2 Å². The average Bonchev–Trinajstić information content (AvgIpc) is 2.41. The van der Waals surface area contributed by atoms with Crippen LogP contribution in [0.5, 0.6) is 5.75 Å². The molecule has 8 nitrogen and oxygen atoms in total. The van der Waals surface area contributed by atoms with Gasteiger partial charge in [-0.15, -0.1) is 0 Å². The fourth-order valence-electron chi connectivity index (χ4n) is 1.40. The van der Waals surface area contributed by atoms with Gasteiger partial charge in [0.15, 0.2) is 5.75 Å². The van der Waals surface area contributed by atoms with E-state index in [1.54, 1.807) is 6.07 Å². The minimum Gasteiger partial charge on any atom is -0.484 e. The number of nitro groups is 1. The first-order chi connectivity index (χ1) is 9.10. The molecule has 0 aliphatic rings. The van der Waals surface area contributed by atoms with Crippen molar-refractivity contribution in [1.82, 2.24) is 0 Å². The normalized spacial score (nSPS) is 11.9. The number of aliphatic hydroxyl groups excluding tert-OH is 3. The Morgan fingerprint density at radius 1 is 1.42 bits per heavy atom. The van der Waals surface area contributed by atoms with Gasteiger partial charge in [0, 0.05) is 6.54 Å². The summed E-state index contributed by atoms with van der Waals surface area (Å²) in [4.78, 5) is 10.4. The van der Waals surface area contributed by atoms with Gasteiger partial charge in [-0.1, -0.05) is 6.07 Å². The highest BCUT2D eigenvalue weighted by atomic mass is 16.6. The number of benzene rings is 1. The molecule has 8 heteroatoms. The Morgan fingerprint density at radius 3 is 2.74 bits per heavy atom. The van der Waals surface area contributed by atoms with Gasteiger partial charge in [-0.25, -0.2) is 0 Å². The van der Waals surface area contributed by atoms with Crippen LogP contribution in [-0.4, -0.2) is 52.7 Å². The van der Waals surface area contributed by atoms with Gasteiger partial charge < -0.3 is 25.4 Å². The average molecular weight is 272 g/mol. The van der Waals surface area contributed by atoms with E-state index in [2.05, 4.69) is 5.32 Å². The maximum Gasteiger partial charge on any atom is 0.333 e. The summed E-state index contributed by atoms with van der Waals surface area (Å²) >= 11 is 0. The van der Waals surface area contributed by atoms with Crippen molar-refractivity contribution in [3.8, 4) is 5.75 Å². The topological polar surface area (TPSA) is 125 Å². The highest BCUT2D eigenvalue weighted by molar-refractivity contribution is 5.68. The van der Waals surface area contributed by atoms with Crippen molar-refractivity contribution in [2.24, 2.45) is 0 Å². The molecular weight excluding hydrogens is 256 g/mol. The Kier molecular flexibility index (Phi) is 6.00. The van der Waals surface area contributed by atoms with Crippen molar-refractivity contribution in [3.63, 3.8) is 0 Å². The summed E-state index contributed by atoms with van der Waals surface area (Å²) in [5.41, 5.74) is -0.0591. The van der Waals surface area contributed by atoms with E-state index in [4.69, 9.17) is 20.1 Å². The van der Waals surface area contributed by atoms with Gasteiger partial charge in [-0.05, 0) is 12.1 Å². The first kappa shape index (κ1) is 15.2. The Morgan fingerprint density at radius 2 is 2.16 bits per heavy atom. The molecule has 0 aliphatic carbocycles. The van der Waals surface area contributed by atoms with E-state index in [1.807, 2.05) is 0 Å². The molecule has 106 valence electrons. The monoisotopic (exact) mass is 272 g/mol. The lowest BCUT2D eigenvalue weighted by atomic mass is 10.2. The van der Waals surface area contributed by atoms with Crippen LogP contribution in [0.25, 0.3) is 0 Å². The molecule has 0 amide bonds. The van der Waals surface area contributed by atoms with Crippen LogP contribution in [0.2, 0.25) is 0 Å². The zero-order valence-corrected chi connectivity index (χ0v) is 10.2. The molecule has 0 aliphatic heterocycles. The molecule has 0 fully saturated rings. The van der Waals surface area contributed by atoms with Gasteiger partial charge in [0.25, 0.3) is 0 Å². The van der Waals surface area contributed by atoms with Crippen LogP contribution in [-0.2, 0) is 0 Å². The molecule has 1 aromatic rings. The third-order valence-corrected chi connectivity index (χ3v) is 2.25. The lowest BCUT2D eigenvalue weighted by Crippen LogP contribution is -2.21. The Labute approximate surface area is 109 Å². The molecule has 4 N–H and O–H groups in total. The second kappa shape index (κ2) is 7.52. The van der Waals surface area contributed by atoms with E-state index in [-0.39, 0.29) is 36.9 Å². The smallest absolute Gasteiger partial charge is 0.333 e. The number of hydrogen-bond donors (Lipinski definition) is 4. The lowest BCUT2D eigenvalue weighted by Gasteiger charge is -2.12. The third-order valence-electron chi connectivity index (χ3n) is 2.25. The number of ether oxygens (including phenoxy) is 1. The van der Waals surface area contributed by atoms with Gasteiger partial charge in [0.2, 0.25) is 0 Å². The molecule has 19 heavy (non-hydrogen) atoms. The number of nitrogens with one attached hydrogen (secondary N) is 1. The summed E-state index contributed by atoms with van der Waals surface area (Å²) in [6, 6.07) is 4.43. The van der Waals surface area contributed by atoms with Crippen molar-refractivity contribution in [1.29, 1.82) is 0 Å². The molecule has 1 atom stereocenters. The van der Waals surface area contributed by atoms with Gasteiger partial charge in [0.05, 0.1) is 18.1 Å². The van der Waals surface area contributed by atoms with E-state index < -0.39 is 17.6 Å². The Hall–Kier alpha value is -1.90. The van der Waals surface area contributed by atoms with Crippen molar-refractivity contribution < 1.29 is 25.0 Å². The van der Waals surface area contributed by atoms with Gasteiger partial charge in [0.1, 0.15) is 18.4 Å². The predicted octanol–water partition coefficient (Wildman–Crippen LogP) is -0.269. The maximum atomic E-state index is 11.0. The van der Waals surface area contributed by atoms with E-state index in [0.717, 1.165) is 0 Å². The second-order valence-electron chi connectivity index (χ2n) is 3.71. The zero-order valence-electron chi connectivity index (χ0n) is 10.2. The number of aliphatic hydroxyl groups is 3. The van der Waals surface area contributed by atoms with Crippen molar-refractivity contribution >= 4 is 11.4 Å². The SMILES string of the molecule is O=[N+]([O-])c1c(NCCO)cccc1OCC(O)CO. The van der Waals surface area contributed by atoms with Gasteiger partial charge in [-0.2, -0.15) is 0 Å². The van der Waals surface area contributed by atoms with Crippen LogP contribution >= 0.6 is 0 Å². The van der Waals surface area contributed by atoms with Crippen molar-refractivity contribution in [2.75, 3.05) is 31.7 Å². The van der Waals surface area contributed by atoms with E-state index in [0.29, 0.717) is 0 Å². The third kappa shape index (κ3) is 4.36. The molecular formula is C11H16N2O6. The Bertz CT molecular complexity index is 426. The first-order valence-corrected chi connectivity index (χ1v) is 5.64. The summed E-state index contributed by atoms with van der Waals surface area (Å²) < 4.78 is 5.12. The van der Waals surface area contributed by atoms with Crippen LogP contribution in [0, 0.1) is 10.1 Å². The largest absolute Gasteiger partial charge is 0.484 e. The summed E-state index contributed by atoms with van der Waals surface area (Å²) in [7, 11) is 0. The minimum atomic E-state index is -1.10. The molecule has 1 aromatic carbocycles. The van der Waals surface area contributed by atoms with E-state index >= 15 is 0 Å². The Balaban J connectivity index is 2.92. The maximum absolute atomic E-state index is 11.0. The lowest BCUT2D eigenvalue weighted by molar-refractivity contribution is -0.385. The zero-order chi connectivity index (χ0) is 14.3. The van der Waals surface area contributed by atoms with E-state index in [9.17, 15) is 10.1 Å². The summed E-state index contributed by atoms with van der Waals surface area (Å²) in [6.45, 7) is -0.730. The minimum absolute atomic E-state index is 0.0135. The van der Waals surface area contributed by atoms with Crippen LogP contribution in [0.4, 0.5) is 11.4 Å². The fourth-order valence-corrected chi connectivity index (χ4v) is 1.40. The number of nitrogens with zero attached hydrogens (tertiary/aromatic N) is 1. The van der Waals surface area contributed by atoms with Gasteiger partial charge in [-0.3, -0.25) is 10.1 Å². The summed E-state index contributed by atoms with van der Waals surface area (Å²) in [5, 5.41) is 40.3. The molecule has 1 rings (SSSR count). The highest BCUT2D eigenvalue weighted by Crippen LogP contribution is 2.34. The quantitative estimate of drug-likeness (QED) is 0.379. The number of para-hydroxylation sites is 1. The van der Waals surface area contributed by atoms with Crippen molar-refractivity contribution in [3.05, 3.63) is 28.3 Å². The number of nitro benzene ring substituents is 1.